The van der Waals surface area contributed by atoms with Crippen LogP contribution in [0.5, 0.6) is 0 Å². The molecule has 0 unspecified atom stereocenters. The predicted octanol–water partition coefficient (Wildman–Crippen LogP) is 1.47. The minimum Gasteiger partial charge on any atom is -0.481 e. The van der Waals surface area contributed by atoms with Gasteiger partial charge in [0.1, 0.15) is 0 Å². The van der Waals surface area contributed by atoms with Gasteiger partial charge >= 0.3 is 5.97 Å². The van der Waals surface area contributed by atoms with Crippen LogP contribution >= 0.6 is 11.8 Å². The Bertz CT molecular complexity index is 258. The van der Waals surface area contributed by atoms with Crippen LogP contribution in [0.25, 0.3) is 0 Å². The van der Waals surface area contributed by atoms with Crippen LogP contribution in [-0.4, -0.2) is 59.7 Å². The molecule has 0 aliphatic carbocycles. The Morgan fingerprint density at radius 3 is 2.56 bits per heavy atom. The molecule has 0 spiro atoms. The van der Waals surface area contributed by atoms with Crippen molar-refractivity contribution >= 4 is 23.6 Å². The highest BCUT2D eigenvalue weighted by molar-refractivity contribution is 7.99. The summed E-state index contributed by atoms with van der Waals surface area (Å²) in [6, 6.07) is 0.106. The summed E-state index contributed by atoms with van der Waals surface area (Å²) in [5, 5.41) is 8.58. The number of methoxy groups -OCH3 is 1. The molecule has 0 aliphatic heterocycles. The summed E-state index contributed by atoms with van der Waals surface area (Å²) in [5.41, 5.74) is 0. The number of hydrogen-bond acceptors (Lipinski definition) is 4. The van der Waals surface area contributed by atoms with Crippen molar-refractivity contribution in [1.29, 1.82) is 0 Å². The molecule has 0 aromatic rings. The number of thioether (sulfide) groups is 1. The standard InChI is InChI=1S/C12H23NO4S/c1-10(2)13(6-4-5-12(15)16)11(14)9-18-8-7-17-3/h10H,4-9H2,1-3H3,(H,15,16). The molecule has 0 atom stereocenters. The molecule has 106 valence electrons. The zero-order valence-corrected chi connectivity index (χ0v) is 12.2. The van der Waals surface area contributed by atoms with Gasteiger partial charge in [0.2, 0.25) is 5.91 Å². The Hall–Kier alpha value is -0.750. The molecular formula is C12H23NO4S. The molecule has 0 radical (unpaired) electrons. The molecule has 0 aromatic carbocycles. The lowest BCUT2D eigenvalue weighted by molar-refractivity contribution is -0.138. The molecule has 0 rings (SSSR count). The van der Waals surface area contributed by atoms with E-state index < -0.39 is 5.97 Å². The van der Waals surface area contributed by atoms with Gasteiger partial charge in [0.25, 0.3) is 0 Å². The average Bonchev–Trinajstić information content (AvgIpc) is 2.29. The van der Waals surface area contributed by atoms with Crippen molar-refractivity contribution in [3.63, 3.8) is 0 Å². The van der Waals surface area contributed by atoms with Crippen molar-refractivity contribution in [3.05, 3.63) is 0 Å². The lowest BCUT2D eigenvalue weighted by Gasteiger charge is -2.26. The van der Waals surface area contributed by atoms with Gasteiger partial charge in [0.05, 0.1) is 12.4 Å². The van der Waals surface area contributed by atoms with Gasteiger partial charge in [0.15, 0.2) is 0 Å². The first-order valence-electron chi connectivity index (χ1n) is 6.07. The largest absolute Gasteiger partial charge is 0.481 e. The van der Waals surface area contributed by atoms with Gasteiger partial charge in [-0.3, -0.25) is 9.59 Å². The Kier molecular flexibility index (Phi) is 9.77. The van der Waals surface area contributed by atoms with Crippen molar-refractivity contribution in [2.45, 2.75) is 32.7 Å². The molecule has 0 heterocycles. The van der Waals surface area contributed by atoms with Crippen LogP contribution in [0.2, 0.25) is 0 Å². The molecule has 0 aromatic heterocycles. The molecule has 1 N–H and O–H groups in total. The molecule has 0 bridgehead atoms. The van der Waals surface area contributed by atoms with E-state index in [9.17, 15) is 9.59 Å². The predicted molar refractivity (Wildman–Crippen MR) is 72.9 cm³/mol. The second kappa shape index (κ2) is 10.2. The van der Waals surface area contributed by atoms with Gasteiger partial charge in [-0.15, -0.1) is 11.8 Å². The SMILES string of the molecule is COCCSCC(=O)N(CCCC(=O)O)C(C)C. The van der Waals surface area contributed by atoms with Crippen molar-refractivity contribution in [3.8, 4) is 0 Å². The Balaban J connectivity index is 3.99. The first kappa shape index (κ1) is 17.2. The van der Waals surface area contributed by atoms with Crippen LogP contribution in [0.4, 0.5) is 0 Å². The fraction of sp³-hybridized carbons (Fsp3) is 0.833. The molecule has 0 saturated carbocycles. The molecule has 0 saturated heterocycles. The molecule has 0 fully saturated rings. The van der Waals surface area contributed by atoms with Crippen LogP contribution in [0.15, 0.2) is 0 Å². The quantitative estimate of drug-likeness (QED) is 0.612. The van der Waals surface area contributed by atoms with Crippen molar-refractivity contribution in [2.75, 3.05) is 31.8 Å². The summed E-state index contributed by atoms with van der Waals surface area (Å²) in [5.74, 6) is 0.467. The van der Waals surface area contributed by atoms with E-state index in [0.717, 1.165) is 5.75 Å². The van der Waals surface area contributed by atoms with E-state index in [1.807, 2.05) is 13.8 Å². The molecule has 0 aliphatic rings. The Morgan fingerprint density at radius 1 is 1.39 bits per heavy atom. The lowest BCUT2D eigenvalue weighted by Crippen LogP contribution is -2.39. The van der Waals surface area contributed by atoms with E-state index in [1.165, 1.54) is 11.8 Å². The van der Waals surface area contributed by atoms with Crippen LogP contribution in [0.1, 0.15) is 26.7 Å². The topological polar surface area (TPSA) is 66.8 Å². The second-order valence-electron chi connectivity index (χ2n) is 4.22. The molecule has 5 nitrogen and oxygen atoms in total. The third-order valence-corrected chi connectivity index (χ3v) is 3.30. The van der Waals surface area contributed by atoms with E-state index in [0.29, 0.717) is 25.3 Å². The van der Waals surface area contributed by atoms with Gasteiger partial charge in [-0.1, -0.05) is 0 Å². The summed E-state index contributed by atoms with van der Waals surface area (Å²) in [6.45, 7) is 5.03. The smallest absolute Gasteiger partial charge is 0.303 e. The first-order chi connectivity index (χ1) is 8.49. The highest BCUT2D eigenvalue weighted by Gasteiger charge is 2.16. The van der Waals surface area contributed by atoms with Gasteiger partial charge in [-0.05, 0) is 20.3 Å². The van der Waals surface area contributed by atoms with Gasteiger partial charge in [0, 0.05) is 31.9 Å². The number of carbonyl (C=O) groups excluding carboxylic acids is 1. The Labute approximate surface area is 113 Å². The number of carboxylic acids is 1. The third kappa shape index (κ3) is 8.36. The van der Waals surface area contributed by atoms with Crippen molar-refractivity contribution < 1.29 is 19.4 Å². The Morgan fingerprint density at radius 2 is 2.06 bits per heavy atom. The van der Waals surface area contributed by atoms with E-state index in [1.54, 1.807) is 12.0 Å². The number of aliphatic carboxylic acids is 1. The van der Waals surface area contributed by atoms with Crippen molar-refractivity contribution in [1.82, 2.24) is 4.90 Å². The minimum absolute atomic E-state index is 0.0662. The summed E-state index contributed by atoms with van der Waals surface area (Å²) < 4.78 is 4.91. The fourth-order valence-electron chi connectivity index (χ4n) is 1.46. The number of amides is 1. The molecule has 6 heteroatoms. The summed E-state index contributed by atoms with van der Waals surface area (Å²) >= 11 is 1.54. The summed E-state index contributed by atoms with van der Waals surface area (Å²) in [6.07, 6.45) is 0.606. The number of nitrogens with zero attached hydrogens (tertiary/aromatic N) is 1. The number of rotatable bonds is 10. The highest BCUT2D eigenvalue weighted by Crippen LogP contribution is 2.07. The van der Waals surface area contributed by atoms with E-state index in [4.69, 9.17) is 9.84 Å². The van der Waals surface area contributed by atoms with Crippen LogP contribution in [-0.2, 0) is 14.3 Å². The number of hydrogen-bond donors (Lipinski definition) is 1. The zero-order chi connectivity index (χ0) is 14.0. The zero-order valence-electron chi connectivity index (χ0n) is 11.3. The fourth-order valence-corrected chi connectivity index (χ4v) is 2.23. The van der Waals surface area contributed by atoms with Crippen LogP contribution in [0.3, 0.4) is 0 Å². The normalized spacial score (nSPS) is 10.7. The molecule has 18 heavy (non-hydrogen) atoms. The summed E-state index contributed by atoms with van der Waals surface area (Å²) in [4.78, 5) is 24.1. The minimum atomic E-state index is -0.819. The maximum Gasteiger partial charge on any atom is 0.303 e. The number of ether oxygens (including phenoxy) is 1. The molecular weight excluding hydrogens is 254 g/mol. The second-order valence-corrected chi connectivity index (χ2v) is 5.33. The van der Waals surface area contributed by atoms with Gasteiger partial charge < -0.3 is 14.7 Å². The van der Waals surface area contributed by atoms with Gasteiger partial charge in [-0.2, -0.15) is 0 Å². The first-order valence-corrected chi connectivity index (χ1v) is 7.22. The van der Waals surface area contributed by atoms with E-state index in [2.05, 4.69) is 0 Å². The highest BCUT2D eigenvalue weighted by atomic mass is 32.2. The molecule has 1 amide bonds. The van der Waals surface area contributed by atoms with Gasteiger partial charge in [-0.25, -0.2) is 0 Å². The average molecular weight is 277 g/mol. The van der Waals surface area contributed by atoms with Crippen molar-refractivity contribution in [2.24, 2.45) is 0 Å². The van der Waals surface area contributed by atoms with E-state index in [-0.39, 0.29) is 18.4 Å². The maximum absolute atomic E-state index is 11.9. The number of carboxylic acid groups (broad SMARTS) is 1. The van der Waals surface area contributed by atoms with Crippen LogP contribution in [0, 0.1) is 0 Å². The van der Waals surface area contributed by atoms with Crippen LogP contribution < -0.4 is 0 Å². The van der Waals surface area contributed by atoms with E-state index >= 15 is 0 Å². The number of carbonyl (C=O) groups is 2. The monoisotopic (exact) mass is 277 g/mol. The summed E-state index contributed by atoms with van der Waals surface area (Å²) in [7, 11) is 1.63. The lowest BCUT2D eigenvalue weighted by atomic mass is 10.2. The third-order valence-electron chi connectivity index (χ3n) is 2.39. The maximum atomic E-state index is 11.9.